The van der Waals surface area contributed by atoms with Crippen LogP contribution in [0.15, 0.2) is 24.3 Å². The van der Waals surface area contributed by atoms with E-state index in [1.165, 1.54) is 11.9 Å². The molecule has 0 saturated carbocycles. The van der Waals surface area contributed by atoms with Gasteiger partial charge in [-0.15, -0.1) is 0 Å². The average Bonchev–Trinajstić information content (AvgIpc) is 2.26. The van der Waals surface area contributed by atoms with Crippen molar-refractivity contribution in [3.63, 3.8) is 0 Å². The predicted octanol–water partition coefficient (Wildman–Crippen LogP) is 0.342. The zero-order valence-corrected chi connectivity index (χ0v) is 8.53. The summed E-state index contributed by atoms with van der Waals surface area (Å²) in [5.74, 6) is -0.698. The molecule has 0 radical (unpaired) electrons. The van der Waals surface area contributed by atoms with E-state index in [0.717, 1.165) is 0 Å². The van der Waals surface area contributed by atoms with E-state index in [-0.39, 0.29) is 0 Å². The van der Waals surface area contributed by atoms with Gasteiger partial charge in [-0.05, 0) is 6.07 Å². The molecule has 2 atom stereocenters. The Morgan fingerprint density at radius 1 is 1.44 bits per heavy atom. The Morgan fingerprint density at radius 2 is 2.06 bits per heavy atom. The number of nitro groups is 1. The van der Waals surface area contributed by atoms with Crippen molar-refractivity contribution >= 4 is 11.6 Å². The molecule has 1 aliphatic rings. The van der Waals surface area contributed by atoms with Crippen LogP contribution in [0.4, 0.5) is 5.69 Å². The molecule has 16 heavy (non-hydrogen) atoms. The van der Waals surface area contributed by atoms with Crippen molar-refractivity contribution in [2.45, 2.75) is 12.1 Å². The number of nitrogens with zero attached hydrogens (tertiary/aromatic N) is 2. The maximum absolute atomic E-state index is 11.7. The van der Waals surface area contributed by atoms with E-state index in [1.54, 1.807) is 24.3 Å². The first kappa shape index (κ1) is 10.6. The Hall–Kier alpha value is -1.95. The topological polar surface area (TPSA) is 83.7 Å². The van der Waals surface area contributed by atoms with E-state index < -0.39 is 23.0 Å². The van der Waals surface area contributed by atoms with Crippen molar-refractivity contribution in [3.8, 4) is 0 Å². The van der Waals surface area contributed by atoms with Crippen LogP contribution < -0.4 is 4.90 Å². The van der Waals surface area contributed by atoms with Gasteiger partial charge in [0.1, 0.15) is 0 Å². The van der Waals surface area contributed by atoms with Crippen LogP contribution in [0.2, 0.25) is 0 Å². The Kier molecular flexibility index (Phi) is 2.35. The minimum absolute atomic E-state index is 0.409. The quantitative estimate of drug-likeness (QED) is 0.548. The number of likely N-dealkylation sites (N-methyl/N-ethyl adjacent to an activating group) is 1. The summed E-state index contributed by atoms with van der Waals surface area (Å²) in [4.78, 5) is 22.8. The molecule has 0 bridgehead atoms. The number of aliphatic hydroxyl groups is 1. The number of para-hydroxylation sites is 1. The highest BCUT2D eigenvalue weighted by Gasteiger charge is 2.46. The van der Waals surface area contributed by atoms with Crippen LogP contribution in [0, 0.1) is 10.1 Å². The number of aliphatic hydroxyl groups excluding tert-OH is 1. The predicted molar refractivity (Wildman–Crippen MR) is 55.6 cm³/mol. The summed E-state index contributed by atoms with van der Waals surface area (Å²) in [5, 5.41) is 20.5. The number of anilines is 1. The molecular weight excluding hydrogens is 212 g/mol. The number of carbonyl (C=O) groups is 1. The number of fused-ring (bicyclic) bond motifs is 1. The van der Waals surface area contributed by atoms with E-state index in [0.29, 0.717) is 11.3 Å². The van der Waals surface area contributed by atoms with Gasteiger partial charge >= 0.3 is 11.9 Å². The van der Waals surface area contributed by atoms with E-state index in [2.05, 4.69) is 0 Å². The number of hydrogen-bond donors (Lipinski definition) is 1. The highest BCUT2D eigenvalue weighted by Crippen LogP contribution is 2.34. The van der Waals surface area contributed by atoms with Gasteiger partial charge < -0.3 is 10.0 Å². The second-order valence-corrected chi connectivity index (χ2v) is 3.63. The van der Waals surface area contributed by atoms with Gasteiger partial charge in [-0.2, -0.15) is 0 Å². The number of amides is 1. The van der Waals surface area contributed by atoms with Crippen LogP contribution in [0.1, 0.15) is 11.7 Å². The Balaban J connectivity index is 2.56. The third-order valence-corrected chi connectivity index (χ3v) is 2.73. The number of benzene rings is 1. The summed E-state index contributed by atoms with van der Waals surface area (Å²) in [6.45, 7) is 0. The normalized spacial score (nSPS) is 24.1. The molecule has 0 aliphatic carbocycles. The molecule has 1 aromatic rings. The summed E-state index contributed by atoms with van der Waals surface area (Å²) >= 11 is 0. The lowest BCUT2D eigenvalue weighted by Gasteiger charge is -2.30. The molecule has 6 heteroatoms. The fraction of sp³-hybridized carbons (Fsp3) is 0.300. The zero-order valence-electron chi connectivity index (χ0n) is 8.53. The van der Waals surface area contributed by atoms with Gasteiger partial charge in [0.15, 0.2) is 6.10 Å². The van der Waals surface area contributed by atoms with Crippen molar-refractivity contribution < 1.29 is 14.8 Å². The fourth-order valence-electron chi connectivity index (χ4n) is 1.87. The summed E-state index contributed by atoms with van der Waals surface area (Å²) in [6, 6.07) is 5.00. The number of rotatable bonds is 1. The summed E-state index contributed by atoms with van der Waals surface area (Å²) in [6.07, 6.45) is -1.38. The van der Waals surface area contributed by atoms with E-state index in [4.69, 9.17) is 0 Å². The monoisotopic (exact) mass is 222 g/mol. The molecule has 1 amide bonds. The molecule has 0 aromatic heterocycles. The Bertz CT molecular complexity index is 460. The summed E-state index contributed by atoms with van der Waals surface area (Å²) in [5.41, 5.74) is 0.921. The maximum Gasteiger partial charge on any atom is 0.319 e. The van der Waals surface area contributed by atoms with Crippen LogP contribution in [-0.2, 0) is 4.79 Å². The van der Waals surface area contributed by atoms with Crippen LogP contribution in [0.5, 0.6) is 0 Å². The minimum atomic E-state index is -1.61. The van der Waals surface area contributed by atoms with Crippen LogP contribution >= 0.6 is 0 Å². The average molecular weight is 222 g/mol. The molecule has 1 N–H and O–H groups in total. The van der Waals surface area contributed by atoms with Crippen molar-refractivity contribution in [2.24, 2.45) is 0 Å². The van der Waals surface area contributed by atoms with Crippen molar-refractivity contribution in [1.29, 1.82) is 0 Å². The number of hydrogen-bond acceptors (Lipinski definition) is 4. The van der Waals surface area contributed by atoms with Gasteiger partial charge in [-0.25, -0.2) is 0 Å². The number of carbonyl (C=O) groups excluding carboxylic acids is 1. The largest absolute Gasteiger partial charge is 0.380 e. The molecule has 0 spiro atoms. The third-order valence-electron chi connectivity index (χ3n) is 2.73. The van der Waals surface area contributed by atoms with Crippen molar-refractivity contribution in [2.75, 3.05) is 11.9 Å². The SMILES string of the molecule is CN1C(=O)C([N+](=O)[O-])C(O)c2ccccc21. The molecule has 0 saturated heterocycles. The van der Waals surface area contributed by atoms with E-state index in [9.17, 15) is 20.0 Å². The zero-order chi connectivity index (χ0) is 11.9. The smallest absolute Gasteiger partial charge is 0.319 e. The molecule has 2 rings (SSSR count). The molecule has 6 nitrogen and oxygen atoms in total. The Morgan fingerprint density at radius 3 is 2.69 bits per heavy atom. The van der Waals surface area contributed by atoms with Crippen LogP contribution in [0.25, 0.3) is 0 Å². The maximum atomic E-state index is 11.7. The standard InChI is InChI=1S/C10H10N2O4/c1-11-7-5-3-2-4-6(7)9(13)8(10(11)14)12(15)16/h2-5,8-9,13H,1H3. The second kappa shape index (κ2) is 3.57. The summed E-state index contributed by atoms with van der Waals surface area (Å²) in [7, 11) is 1.46. The first-order valence-corrected chi connectivity index (χ1v) is 4.72. The third kappa shape index (κ3) is 1.35. The van der Waals surface area contributed by atoms with Gasteiger partial charge in [0.2, 0.25) is 0 Å². The van der Waals surface area contributed by atoms with E-state index >= 15 is 0 Å². The lowest BCUT2D eigenvalue weighted by Crippen LogP contribution is -2.48. The van der Waals surface area contributed by atoms with Gasteiger partial charge in [0, 0.05) is 23.2 Å². The molecule has 0 fully saturated rings. The van der Waals surface area contributed by atoms with Crippen LogP contribution in [-0.4, -0.2) is 29.0 Å². The lowest BCUT2D eigenvalue weighted by molar-refractivity contribution is -0.520. The molecule has 1 aliphatic heterocycles. The molecule has 84 valence electrons. The minimum Gasteiger partial charge on any atom is -0.380 e. The van der Waals surface area contributed by atoms with Gasteiger partial charge in [0.05, 0.1) is 0 Å². The van der Waals surface area contributed by atoms with Gasteiger partial charge in [-0.1, -0.05) is 18.2 Å². The van der Waals surface area contributed by atoms with Gasteiger partial charge in [0.25, 0.3) is 0 Å². The molecule has 1 heterocycles. The Labute approximate surface area is 91.3 Å². The highest BCUT2D eigenvalue weighted by atomic mass is 16.6. The fourth-order valence-corrected chi connectivity index (χ4v) is 1.87. The highest BCUT2D eigenvalue weighted by molar-refractivity contribution is 5.99. The second-order valence-electron chi connectivity index (χ2n) is 3.63. The van der Waals surface area contributed by atoms with Crippen molar-refractivity contribution in [1.82, 2.24) is 0 Å². The van der Waals surface area contributed by atoms with E-state index in [1.807, 2.05) is 0 Å². The molecule has 1 aromatic carbocycles. The molecule has 2 unspecified atom stereocenters. The van der Waals surface area contributed by atoms with Crippen LogP contribution in [0.3, 0.4) is 0 Å². The first-order valence-electron chi connectivity index (χ1n) is 4.72. The molecular formula is C10H10N2O4. The van der Waals surface area contributed by atoms with Crippen molar-refractivity contribution in [3.05, 3.63) is 39.9 Å². The first-order chi connectivity index (χ1) is 7.54. The van der Waals surface area contributed by atoms with Gasteiger partial charge in [-0.3, -0.25) is 14.9 Å². The lowest BCUT2D eigenvalue weighted by atomic mass is 9.95. The summed E-state index contributed by atoms with van der Waals surface area (Å²) < 4.78 is 0.